The number of hydrogen-bond donors (Lipinski definition) is 1. The molecule has 0 aliphatic heterocycles. The molecule has 1 N–H and O–H groups in total. The molecule has 190 valence electrons. The molecule has 8 heteroatoms. The van der Waals surface area contributed by atoms with Crippen LogP contribution in [0.5, 0.6) is 11.5 Å². The summed E-state index contributed by atoms with van der Waals surface area (Å²) in [6.07, 6.45) is 4.51. The Kier molecular flexibility index (Phi) is 7.84. The molecule has 0 radical (unpaired) electrons. The van der Waals surface area contributed by atoms with E-state index in [4.69, 9.17) is 9.47 Å². The number of nitrogens with one attached hydrogen (secondary N) is 1. The quantitative estimate of drug-likeness (QED) is 0.455. The summed E-state index contributed by atoms with van der Waals surface area (Å²) in [5.74, 6) is 0.331. The number of nitrogens with zero attached hydrogens (tertiary/aromatic N) is 1. The molecule has 7 nitrogen and oxygen atoms in total. The molecule has 0 aromatic heterocycles. The van der Waals surface area contributed by atoms with E-state index >= 15 is 0 Å². The van der Waals surface area contributed by atoms with Gasteiger partial charge >= 0.3 is 0 Å². The van der Waals surface area contributed by atoms with Crippen molar-refractivity contribution in [2.24, 2.45) is 0 Å². The van der Waals surface area contributed by atoms with Gasteiger partial charge in [-0.1, -0.05) is 36.4 Å². The van der Waals surface area contributed by atoms with Gasteiger partial charge in [-0.2, -0.15) is 0 Å². The van der Waals surface area contributed by atoms with Crippen molar-refractivity contribution in [3.63, 3.8) is 0 Å². The summed E-state index contributed by atoms with van der Waals surface area (Å²) in [5.41, 5.74) is 3.92. The Labute approximate surface area is 213 Å². The first-order chi connectivity index (χ1) is 17.3. The summed E-state index contributed by atoms with van der Waals surface area (Å²) in [6, 6.07) is 18.9. The van der Waals surface area contributed by atoms with Gasteiger partial charge in [-0.25, -0.2) is 8.42 Å². The highest BCUT2D eigenvalue weighted by atomic mass is 32.2. The Morgan fingerprint density at radius 1 is 0.944 bits per heavy atom. The number of carbonyl (C=O) groups excluding carboxylic acids is 1. The van der Waals surface area contributed by atoms with Crippen LogP contribution in [0.2, 0.25) is 0 Å². The van der Waals surface area contributed by atoms with E-state index in [2.05, 4.69) is 17.4 Å². The summed E-state index contributed by atoms with van der Waals surface area (Å²) in [4.78, 5) is 13.3. The highest BCUT2D eigenvalue weighted by Gasteiger charge is 2.30. The first-order valence-corrected chi connectivity index (χ1v) is 13.5. The van der Waals surface area contributed by atoms with Crippen LogP contribution >= 0.6 is 0 Å². The van der Waals surface area contributed by atoms with E-state index in [0.717, 1.165) is 22.7 Å². The Morgan fingerprint density at radius 2 is 1.67 bits per heavy atom. The molecule has 1 aliphatic rings. The normalized spacial score (nSPS) is 13.9. The maximum atomic E-state index is 13.7. The topological polar surface area (TPSA) is 84.9 Å². The van der Waals surface area contributed by atoms with Crippen molar-refractivity contribution in [2.75, 3.05) is 25.1 Å². The zero-order valence-electron chi connectivity index (χ0n) is 20.9. The first-order valence-electron chi connectivity index (χ1n) is 12.0. The number of fused-ring (bicyclic) bond motifs is 1. The fraction of sp³-hybridized carbons (Fsp3) is 0.321. The first kappa shape index (κ1) is 25.6. The second kappa shape index (κ2) is 11.0. The molecule has 1 amide bonds. The van der Waals surface area contributed by atoms with E-state index in [1.54, 1.807) is 36.4 Å². The van der Waals surface area contributed by atoms with Crippen LogP contribution in [0.25, 0.3) is 0 Å². The zero-order chi connectivity index (χ0) is 25.7. The second-order valence-electron chi connectivity index (χ2n) is 8.89. The molecule has 3 aromatic rings. The molecule has 0 fully saturated rings. The van der Waals surface area contributed by atoms with Crippen LogP contribution in [-0.2, 0) is 27.7 Å². The van der Waals surface area contributed by atoms with Gasteiger partial charge in [0.2, 0.25) is 5.91 Å². The van der Waals surface area contributed by atoms with E-state index in [1.807, 2.05) is 13.0 Å². The predicted molar refractivity (Wildman–Crippen MR) is 140 cm³/mol. The Bertz CT molecular complexity index is 1330. The number of amides is 1. The summed E-state index contributed by atoms with van der Waals surface area (Å²) >= 11 is 0. The average Bonchev–Trinajstić information content (AvgIpc) is 2.91. The minimum absolute atomic E-state index is 0.0745. The molecule has 0 saturated heterocycles. The minimum Gasteiger partial charge on any atom is -0.497 e. The van der Waals surface area contributed by atoms with Crippen LogP contribution in [0.3, 0.4) is 0 Å². The number of anilines is 1. The number of methoxy groups -OCH3 is 2. The highest BCUT2D eigenvalue weighted by Crippen LogP contribution is 2.35. The van der Waals surface area contributed by atoms with Gasteiger partial charge < -0.3 is 14.8 Å². The van der Waals surface area contributed by atoms with Gasteiger partial charge in [0, 0.05) is 6.07 Å². The fourth-order valence-corrected chi connectivity index (χ4v) is 5.98. The van der Waals surface area contributed by atoms with Gasteiger partial charge in [-0.15, -0.1) is 0 Å². The standard InChI is InChI=1S/C28H32N2O5S/c1-20(22-14-13-21-9-7-8-10-23(21)17-22)29-28(31)19-30(36(32,33)25-11-5-4-6-12-25)26-18-24(34-2)15-16-27(26)35-3/h4-6,11-18,20H,7-10,19H2,1-3H3,(H,29,31)/t20-/m0/s1. The van der Waals surface area contributed by atoms with E-state index < -0.39 is 22.5 Å². The number of sulfonamides is 1. The average molecular weight is 509 g/mol. The molecule has 0 unspecified atom stereocenters. The number of ether oxygens (including phenoxy) is 2. The molecule has 3 aromatic carbocycles. The van der Waals surface area contributed by atoms with Gasteiger partial charge in [0.15, 0.2) is 0 Å². The molecule has 1 aliphatic carbocycles. The smallest absolute Gasteiger partial charge is 0.264 e. The third-order valence-electron chi connectivity index (χ3n) is 6.52. The van der Waals surface area contributed by atoms with Gasteiger partial charge in [-0.3, -0.25) is 9.10 Å². The number of benzene rings is 3. The molecule has 0 heterocycles. The van der Waals surface area contributed by atoms with Gasteiger partial charge in [0.1, 0.15) is 18.0 Å². The van der Waals surface area contributed by atoms with Crippen molar-refractivity contribution in [1.29, 1.82) is 0 Å². The number of aryl methyl sites for hydroxylation is 2. The minimum atomic E-state index is -4.08. The third kappa shape index (κ3) is 5.49. The summed E-state index contributed by atoms with van der Waals surface area (Å²) in [7, 11) is -1.13. The highest BCUT2D eigenvalue weighted by molar-refractivity contribution is 7.92. The van der Waals surface area contributed by atoms with Crippen LogP contribution in [-0.4, -0.2) is 35.1 Å². The van der Waals surface area contributed by atoms with Gasteiger partial charge in [0.25, 0.3) is 10.0 Å². The lowest BCUT2D eigenvalue weighted by Crippen LogP contribution is -2.41. The molecule has 1 atom stereocenters. The van der Waals surface area contributed by atoms with Crippen LogP contribution in [0.4, 0.5) is 5.69 Å². The molecular formula is C28H32N2O5S. The van der Waals surface area contributed by atoms with Gasteiger partial charge in [-0.05, 0) is 73.6 Å². The largest absolute Gasteiger partial charge is 0.497 e. The molecule has 0 spiro atoms. The number of carbonyl (C=O) groups is 1. The number of rotatable bonds is 9. The summed E-state index contributed by atoms with van der Waals surface area (Å²) in [5, 5.41) is 2.98. The van der Waals surface area contributed by atoms with E-state index in [1.165, 1.54) is 50.3 Å². The van der Waals surface area contributed by atoms with E-state index in [9.17, 15) is 13.2 Å². The molecule has 36 heavy (non-hydrogen) atoms. The van der Waals surface area contributed by atoms with Crippen LogP contribution in [0, 0.1) is 0 Å². The summed E-state index contributed by atoms with van der Waals surface area (Å²) in [6.45, 7) is 1.49. The van der Waals surface area contributed by atoms with Crippen LogP contribution in [0.15, 0.2) is 71.6 Å². The Morgan fingerprint density at radius 3 is 2.36 bits per heavy atom. The monoisotopic (exact) mass is 508 g/mol. The van der Waals surface area contributed by atoms with Crippen molar-refractivity contribution < 1.29 is 22.7 Å². The van der Waals surface area contributed by atoms with E-state index in [-0.39, 0.29) is 16.6 Å². The lowest BCUT2D eigenvalue weighted by Gasteiger charge is -2.27. The van der Waals surface area contributed by atoms with E-state index in [0.29, 0.717) is 11.5 Å². The molecule has 0 saturated carbocycles. The summed E-state index contributed by atoms with van der Waals surface area (Å²) < 4.78 is 39.2. The van der Waals surface area contributed by atoms with Gasteiger partial charge in [0.05, 0.1) is 30.8 Å². The molecule has 4 rings (SSSR count). The molecule has 0 bridgehead atoms. The van der Waals surface area contributed by atoms with Crippen molar-refractivity contribution in [2.45, 2.75) is 43.5 Å². The lowest BCUT2D eigenvalue weighted by atomic mass is 9.89. The fourth-order valence-electron chi connectivity index (χ4n) is 4.53. The van der Waals surface area contributed by atoms with Crippen molar-refractivity contribution in [3.05, 3.63) is 83.4 Å². The molecular weight excluding hydrogens is 476 g/mol. The number of hydrogen-bond acceptors (Lipinski definition) is 5. The SMILES string of the molecule is COc1ccc(OC)c(N(CC(=O)N[C@@H](C)c2ccc3c(c2)CCCC3)S(=O)(=O)c2ccccc2)c1. The second-order valence-corrected chi connectivity index (χ2v) is 10.7. The van der Waals surface area contributed by atoms with Crippen LogP contribution in [0.1, 0.15) is 42.5 Å². The van der Waals surface area contributed by atoms with Crippen LogP contribution < -0.4 is 19.1 Å². The van der Waals surface area contributed by atoms with Crippen molar-refractivity contribution in [3.8, 4) is 11.5 Å². The third-order valence-corrected chi connectivity index (χ3v) is 8.30. The Balaban J connectivity index is 1.64. The maximum absolute atomic E-state index is 13.7. The van der Waals surface area contributed by atoms with Crippen molar-refractivity contribution >= 4 is 21.6 Å². The zero-order valence-corrected chi connectivity index (χ0v) is 21.7. The predicted octanol–water partition coefficient (Wildman–Crippen LogP) is 4.66. The lowest BCUT2D eigenvalue weighted by molar-refractivity contribution is -0.120. The van der Waals surface area contributed by atoms with Crippen molar-refractivity contribution in [1.82, 2.24) is 5.32 Å². The maximum Gasteiger partial charge on any atom is 0.264 e. The Hall–Kier alpha value is -3.52.